The number of hydrogen-bond donors (Lipinski definition) is 2. The van der Waals surface area contributed by atoms with Gasteiger partial charge in [-0.25, -0.2) is 0 Å². The SMILES string of the molecule is Cc1ccc2c(N)c(C)ccc2c1N. The Labute approximate surface area is 83.5 Å². The molecule has 72 valence electrons. The number of nitrogens with two attached hydrogens (primary N) is 2. The van der Waals surface area contributed by atoms with Crippen LogP contribution in [0.1, 0.15) is 11.1 Å². The van der Waals surface area contributed by atoms with E-state index in [4.69, 9.17) is 11.5 Å². The molecule has 2 nitrogen and oxygen atoms in total. The van der Waals surface area contributed by atoms with Crippen LogP contribution in [0.3, 0.4) is 0 Å². The summed E-state index contributed by atoms with van der Waals surface area (Å²) in [6, 6.07) is 8.08. The lowest BCUT2D eigenvalue weighted by Gasteiger charge is -2.09. The Morgan fingerprint density at radius 3 is 1.43 bits per heavy atom. The maximum atomic E-state index is 5.98. The van der Waals surface area contributed by atoms with Gasteiger partial charge in [0.15, 0.2) is 0 Å². The van der Waals surface area contributed by atoms with Crippen LogP contribution in [0.4, 0.5) is 11.4 Å². The first-order chi connectivity index (χ1) is 6.61. The molecular formula is C12H14N2. The molecule has 2 heteroatoms. The fourth-order valence-corrected chi connectivity index (χ4v) is 1.67. The molecule has 0 aliphatic carbocycles. The number of fused-ring (bicyclic) bond motifs is 1. The van der Waals surface area contributed by atoms with Crippen LogP contribution < -0.4 is 11.5 Å². The summed E-state index contributed by atoms with van der Waals surface area (Å²) in [5.41, 5.74) is 15.8. The normalized spacial score (nSPS) is 10.7. The van der Waals surface area contributed by atoms with Gasteiger partial charge in [0.25, 0.3) is 0 Å². The molecule has 2 aromatic rings. The Morgan fingerprint density at radius 2 is 1.07 bits per heavy atom. The number of aryl methyl sites for hydroxylation is 2. The highest BCUT2D eigenvalue weighted by atomic mass is 14.6. The van der Waals surface area contributed by atoms with Gasteiger partial charge in [0.05, 0.1) is 0 Å². The van der Waals surface area contributed by atoms with Crippen LogP contribution in [0.15, 0.2) is 24.3 Å². The van der Waals surface area contributed by atoms with Crippen LogP contribution >= 0.6 is 0 Å². The van der Waals surface area contributed by atoms with Gasteiger partial charge in [-0.1, -0.05) is 24.3 Å². The molecule has 0 saturated heterocycles. The summed E-state index contributed by atoms with van der Waals surface area (Å²) >= 11 is 0. The van der Waals surface area contributed by atoms with Gasteiger partial charge in [0.2, 0.25) is 0 Å². The molecule has 0 aliphatic heterocycles. The minimum atomic E-state index is 0.828. The number of rotatable bonds is 0. The van der Waals surface area contributed by atoms with Crippen LogP contribution in [0, 0.1) is 13.8 Å². The zero-order valence-corrected chi connectivity index (χ0v) is 8.46. The summed E-state index contributed by atoms with van der Waals surface area (Å²) < 4.78 is 0. The maximum Gasteiger partial charge on any atom is 0.0424 e. The highest BCUT2D eigenvalue weighted by Crippen LogP contribution is 2.30. The number of hydrogen-bond acceptors (Lipinski definition) is 2. The van der Waals surface area contributed by atoms with Gasteiger partial charge in [0.1, 0.15) is 0 Å². The Bertz CT molecular complexity index is 454. The van der Waals surface area contributed by atoms with Gasteiger partial charge in [-0.15, -0.1) is 0 Å². The molecule has 0 aliphatic rings. The molecule has 2 aromatic carbocycles. The largest absolute Gasteiger partial charge is 0.398 e. The van der Waals surface area contributed by atoms with Gasteiger partial charge >= 0.3 is 0 Å². The first-order valence-corrected chi connectivity index (χ1v) is 4.65. The van der Waals surface area contributed by atoms with Crippen LogP contribution in [0.25, 0.3) is 10.8 Å². The highest BCUT2D eigenvalue weighted by Gasteiger charge is 2.04. The maximum absolute atomic E-state index is 5.98. The number of nitrogen functional groups attached to an aromatic ring is 2. The average molecular weight is 186 g/mol. The van der Waals surface area contributed by atoms with Crippen molar-refractivity contribution < 1.29 is 0 Å². The first-order valence-electron chi connectivity index (χ1n) is 4.65. The summed E-state index contributed by atoms with van der Waals surface area (Å²) in [6.45, 7) is 4.01. The van der Waals surface area contributed by atoms with E-state index in [0.29, 0.717) is 0 Å². The quantitative estimate of drug-likeness (QED) is 0.621. The molecule has 0 fully saturated rings. The lowest BCUT2D eigenvalue weighted by molar-refractivity contribution is 1.47. The third kappa shape index (κ3) is 1.11. The topological polar surface area (TPSA) is 52.0 Å². The molecule has 0 saturated carbocycles. The molecule has 2 rings (SSSR count). The van der Waals surface area contributed by atoms with E-state index in [1.54, 1.807) is 0 Å². The van der Waals surface area contributed by atoms with E-state index >= 15 is 0 Å². The molecular weight excluding hydrogens is 172 g/mol. The number of anilines is 2. The van der Waals surface area contributed by atoms with Gasteiger partial charge in [-0.3, -0.25) is 0 Å². The third-order valence-corrected chi connectivity index (χ3v) is 2.72. The molecule has 0 heterocycles. The van der Waals surface area contributed by atoms with E-state index in [0.717, 1.165) is 33.3 Å². The Hall–Kier alpha value is -1.70. The summed E-state index contributed by atoms with van der Waals surface area (Å²) in [7, 11) is 0. The van der Waals surface area contributed by atoms with Crippen molar-refractivity contribution in [2.45, 2.75) is 13.8 Å². The van der Waals surface area contributed by atoms with Crippen LogP contribution in [-0.2, 0) is 0 Å². The summed E-state index contributed by atoms with van der Waals surface area (Å²) in [5.74, 6) is 0. The smallest absolute Gasteiger partial charge is 0.0424 e. The van der Waals surface area contributed by atoms with Crippen molar-refractivity contribution in [3.8, 4) is 0 Å². The van der Waals surface area contributed by atoms with Crippen LogP contribution in [-0.4, -0.2) is 0 Å². The molecule has 0 unspecified atom stereocenters. The number of benzene rings is 2. The van der Waals surface area contributed by atoms with Gasteiger partial charge in [0, 0.05) is 22.1 Å². The summed E-state index contributed by atoms with van der Waals surface area (Å²) in [4.78, 5) is 0. The Balaban J connectivity index is 2.94. The zero-order valence-electron chi connectivity index (χ0n) is 8.46. The minimum Gasteiger partial charge on any atom is -0.398 e. The van der Waals surface area contributed by atoms with Crippen molar-refractivity contribution in [1.82, 2.24) is 0 Å². The molecule has 4 N–H and O–H groups in total. The van der Waals surface area contributed by atoms with E-state index in [1.165, 1.54) is 0 Å². The summed E-state index contributed by atoms with van der Waals surface area (Å²) in [5, 5.41) is 2.10. The van der Waals surface area contributed by atoms with Crippen molar-refractivity contribution in [3.05, 3.63) is 35.4 Å². The second kappa shape index (κ2) is 2.91. The van der Waals surface area contributed by atoms with Crippen molar-refractivity contribution in [2.24, 2.45) is 0 Å². The molecule has 0 radical (unpaired) electrons. The lowest BCUT2D eigenvalue weighted by atomic mass is 10.0. The van der Waals surface area contributed by atoms with Gasteiger partial charge < -0.3 is 11.5 Å². The van der Waals surface area contributed by atoms with Crippen molar-refractivity contribution in [2.75, 3.05) is 11.5 Å². The predicted molar refractivity (Wildman–Crippen MR) is 62.2 cm³/mol. The molecule has 0 spiro atoms. The lowest BCUT2D eigenvalue weighted by Crippen LogP contribution is -1.95. The Kier molecular flexibility index (Phi) is 1.84. The molecule has 0 bridgehead atoms. The fourth-order valence-electron chi connectivity index (χ4n) is 1.67. The molecule has 14 heavy (non-hydrogen) atoms. The second-order valence-corrected chi connectivity index (χ2v) is 3.69. The predicted octanol–water partition coefficient (Wildman–Crippen LogP) is 2.62. The van der Waals surface area contributed by atoms with Gasteiger partial charge in [-0.05, 0) is 25.0 Å². The van der Waals surface area contributed by atoms with Crippen LogP contribution in [0.2, 0.25) is 0 Å². The van der Waals surface area contributed by atoms with E-state index in [1.807, 2.05) is 38.1 Å². The fraction of sp³-hybridized carbons (Fsp3) is 0.167. The van der Waals surface area contributed by atoms with E-state index in [9.17, 15) is 0 Å². The average Bonchev–Trinajstić information content (AvgIpc) is 2.17. The van der Waals surface area contributed by atoms with E-state index in [2.05, 4.69) is 0 Å². The minimum absolute atomic E-state index is 0.828. The van der Waals surface area contributed by atoms with Crippen molar-refractivity contribution >= 4 is 22.1 Å². The van der Waals surface area contributed by atoms with Crippen molar-refractivity contribution in [3.63, 3.8) is 0 Å². The van der Waals surface area contributed by atoms with Crippen LogP contribution in [0.5, 0.6) is 0 Å². The molecule has 0 amide bonds. The zero-order chi connectivity index (χ0) is 10.3. The van der Waals surface area contributed by atoms with E-state index < -0.39 is 0 Å². The molecule has 0 atom stereocenters. The van der Waals surface area contributed by atoms with Crippen molar-refractivity contribution in [1.29, 1.82) is 0 Å². The standard InChI is InChI=1S/C12H14N2/c1-7-3-5-10-9(11(7)13)6-4-8(2)12(10)14/h3-6H,13-14H2,1-2H3. The third-order valence-electron chi connectivity index (χ3n) is 2.72. The van der Waals surface area contributed by atoms with E-state index in [-0.39, 0.29) is 0 Å². The second-order valence-electron chi connectivity index (χ2n) is 3.69. The monoisotopic (exact) mass is 186 g/mol. The first kappa shape index (κ1) is 8.88. The Morgan fingerprint density at radius 1 is 0.714 bits per heavy atom. The molecule has 0 aromatic heterocycles. The summed E-state index contributed by atoms with van der Waals surface area (Å²) in [6.07, 6.45) is 0. The van der Waals surface area contributed by atoms with Gasteiger partial charge in [-0.2, -0.15) is 0 Å². The highest BCUT2D eigenvalue weighted by molar-refractivity contribution is 6.01.